The lowest BCUT2D eigenvalue weighted by molar-refractivity contribution is -0.114. The largest absolute Gasteiger partial charge is 0.326 e. The maximum Gasteiger partial charge on any atom is 0.221 e. The van der Waals surface area contributed by atoms with Gasteiger partial charge in [0.05, 0.1) is 11.9 Å². The lowest BCUT2D eigenvalue weighted by Crippen LogP contribution is -2.05. The highest BCUT2D eigenvalue weighted by atomic mass is 16.1. The smallest absolute Gasteiger partial charge is 0.221 e. The molecule has 0 spiro atoms. The summed E-state index contributed by atoms with van der Waals surface area (Å²) in [5.74, 6) is -0.0881. The lowest BCUT2D eigenvalue weighted by atomic mass is 10.1. The third kappa shape index (κ3) is 2.19. The van der Waals surface area contributed by atoms with E-state index in [1.54, 1.807) is 6.20 Å². The van der Waals surface area contributed by atoms with Crippen molar-refractivity contribution in [3.05, 3.63) is 30.5 Å². The van der Waals surface area contributed by atoms with E-state index in [1.165, 1.54) is 6.92 Å². The summed E-state index contributed by atoms with van der Waals surface area (Å²) < 4.78 is 0. The number of amides is 1. The van der Waals surface area contributed by atoms with E-state index in [4.69, 9.17) is 0 Å². The Morgan fingerprint density at radius 1 is 1.47 bits per heavy atom. The summed E-state index contributed by atoms with van der Waals surface area (Å²) in [6, 6.07) is 7.47. The summed E-state index contributed by atoms with van der Waals surface area (Å²) in [5, 5.41) is 12.8. The molecule has 0 radical (unpaired) electrons. The first-order valence-corrected chi connectivity index (χ1v) is 4.50. The van der Waals surface area contributed by atoms with E-state index in [0.717, 1.165) is 16.9 Å². The van der Waals surface area contributed by atoms with Gasteiger partial charge in [0.15, 0.2) is 0 Å². The molecule has 0 unspecified atom stereocenters. The van der Waals surface area contributed by atoms with Crippen LogP contribution in [0.3, 0.4) is 0 Å². The van der Waals surface area contributed by atoms with Crippen LogP contribution in [-0.2, 0) is 4.79 Å². The first kappa shape index (κ1) is 9.39. The highest BCUT2D eigenvalue weighted by Crippen LogP contribution is 2.19. The lowest BCUT2D eigenvalue weighted by Gasteiger charge is -2.03. The monoisotopic (exact) mass is 202 g/mol. The second kappa shape index (κ2) is 3.91. The number of hydrogen-bond donors (Lipinski definition) is 2. The minimum Gasteiger partial charge on any atom is -0.326 e. The second-order valence-corrected chi connectivity index (χ2v) is 3.13. The van der Waals surface area contributed by atoms with Gasteiger partial charge in [0.25, 0.3) is 0 Å². The number of aromatic amines is 1. The van der Waals surface area contributed by atoms with Crippen molar-refractivity contribution in [3.8, 4) is 11.3 Å². The molecule has 15 heavy (non-hydrogen) atoms. The van der Waals surface area contributed by atoms with Crippen molar-refractivity contribution in [3.63, 3.8) is 0 Å². The van der Waals surface area contributed by atoms with E-state index in [1.807, 2.05) is 24.3 Å². The maximum atomic E-state index is 10.9. The molecule has 1 aromatic heterocycles. The Kier molecular flexibility index (Phi) is 2.45. The van der Waals surface area contributed by atoms with Gasteiger partial charge in [-0.3, -0.25) is 9.89 Å². The van der Waals surface area contributed by atoms with Gasteiger partial charge in [0, 0.05) is 18.2 Å². The fourth-order valence-corrected chi connectivity index (χ4v) is 1.31. The van der Waals surface area contributed by atoms with E-state index < -0.39 is 0 Å². The van der Waals surface area contributed by atoms with Crippen molar-refractivity contribution in [1.82, 2.24) is 15.4 Å². The molecule has 5 heteroatoms. The molecule has 2 rings (SSSR count). The van der Waals surface area contributed by atoms with Crippen LogP contribution in [0, 0.1) is 0 Å². The van der Waals surface area contributed by atoms with Crippen molar-refractivity contribution < 1.29 is 4.79 Å². The number of nitrogens with zero attached hydrogens (tertiary/aromatic N) is 2. The third-order valence-electron chi connectivity index (χ3n) is 1.91. The van der Waals surface area contributed by atoms with E-state index in [2.05, 4.69) is 20.7 Å². The number of nitrogens with one attached hydrogen (secondary N) is 2. The zero-order chi connectivity index (χ0) is 10.7. The molecule has 0 saturated carbocycles. The average Bonchev–Trinajstić information content (AvgIpc) is 2.69. The van der Waals surface area contributed by atoms with Crippen molar-refractivity contribution >= 4 is 11.6 Å². The first-order valence-electron chi connectivity index (χ1n) is 4.50. The highest BCUT2D eigenvalue weighted by Gasteiger charge is 2.01. The zero-order valence-corrected chi connectivity index (χ0v) is 8.19. The summed E-state index contributed by atoms with van der Waals surface area (Å²) in [7, 11) is 0. The Hall–Kier alpha value is -2.17. The molecule has 0 aliphatic carbocycles. The average molecular weight is 202 g/mol. The van der Waals surface area contributed by atoms with Gasteiger partial charge in [-0.15, -0.1) is 5.10 Å². The van der Waals surface area contributed by atoms with Crippen LogP contribution in [0.4, 0.5) is 5.69 Å². The molecule has 1 aromatic carbocycles. The predicted octanol–water partition coefficient (Wildman–Crippen LogP) is 1.43. The van der Waals surface area contributed by atoms with Crippen LogP contribution in [0.15, 0.2) is 30.5 Å². The summed E-state index contributed by atoms with van der Waals surface area (Å²) in [6.45, 7) is 1.48. The summed E-state index contributed by atoms with van der Waals surface area (Å²) in [5.41, 5.74) is 2.52. The van der Waals surface area contributed by atoms with Gasteiger partial charge in [0.1, 0.15) is 0 Å². The molecule has 0 atom stereocenters. The van der Waals surface area contributed by atoms with Gasteiger partial charge < -0.3 is 5.32 Å². The SMILES string of the molecule is CC(=O)Nc1cccc(-c2cnn[nH]2)c1. The second-order valence-electron chi connectivity index (χ2n) is 3.13. The zero-order valence-electron chi connectivity index (χ0n) is 8.19. The van der Waals surface area contributed by atoms with Crippen molar-refractivity contribution in [2.45, 2.75) is 6.92 Å². The van der Waals surface area contributed by atoms with Gasteiger partial charge in [0.2, 0.25) is 5.91 Å². The highest BCUT2D eigenvalue weighted by molar-refractivity contribution is 5.89. The quantitative estimate of drug-likeness (QED) is 0.773. The van der Waals surface area contributed by atoms with Gasteiger partial charge in [-0.1, -0.05) is 17.3 Å². The Morgan fingerprint density at radius 3 is 3.00 bits per heavy atom. The van der Waals surface area contributed by atoms with E-state index in [0.29, 0.717) is 0 Å². The molecule has 1 amide bonds. The minimum absolute atomic E-state index is 0.0881. The molecule has 0 saturated heterocycles. The number of benzene rings is 1. The van der Waals surface area contributed by atoms with Gasteiger partial charge in [-0.2, -0.15) is 0 Å². The molecule has 0 fully saturated rings. The summed E-state index contributed by atoms with van der Waals surface area (Å²) in [4.78, 5) is 10.9. The topological polar surface area (TPSA) is 70.7 Å². The normalized spacial score (nSPS) is 9.93. The van der Waals surface area contributed by atoms with Crippen molar-refractivity contribution in [2.24, 2.45) is 0 Å². The molecule has 76 valence electrons. The van der Waals surface area contributed by atoms with Crippen molar-refractivity contribution in [1.29, 1.82) is 0 Å². The molecule has 5 nitrogen and oxygen atoms in total. The van der Waals surface area contributed by atoms with Crippen LogP contribution in [0.2, 0.25) is 0 Å². The number of H-pyrrole nitrogens is 1. The molecule has 0 aliphatic rings. The molecule has 0 bridgehead atoms. The number of rotatable bonds is 2. The van der Waals surface area contributed by atoms with Crippen LogP contribution >= 0.6 is 0 Å². The van der Waals surface area contributed by atoms with E-state index in [9.17, 15) is 4.79 Å². The summed E-state index contributed by atoms with van der Waals surface area (Å²) in [6.07, 6.45) is 1.63. The molecule has 2 N–H and O–H groups in total. The van der Waals surface area contributed by atoms with Crippen LogP contribution in [0.25, 0.3) is 11.3 Å². The van der Waals surface area contributed by atoms with Gasteiger partial charge in [-0.05, 0) is 12.1 Å². The number of hydrogen-bond acceptors (Lipinski definition) is 3. The Labute approximate surface area is 86.5 Å². The van der Waals surface area contributed by atoms with Gasteiger partial charge >= 0.3 is 0 Å². The van der Waals surface area contributed by atoms with Crippen LogP contribution in [0.1, 0.15) is 6.92 Å². The summed E-state index contributed by atoms with van der Waals surface area (Å²) >= 11 is 0. The number of carbonyl (C=O) groups is 1. The Bertz CT molecular complexity index is 464. The van der Waals surface area contributed by atoms with Crippen LogP contribution in [-0.4, -0.2) is 21.3 Å². The molecule has 2 aromatic rings. The predicted molar refractivity (Wildman–Crippen MR) is 56.1 cm³/mol. The number of aromatic nitrogens is 3. The van der Waals surface area contributed by atoms with Gasteiger partial charge in [-0.25, -0.2) is 0 Å². The molecule has 0 aliphatic heterocycles. The Morgan fingerprint density at radius 2 is 2.33 bits per heavy atom. The van der Waals surface area contributed by atoms with Crippen LogP contribution < -0.4 is 5.32 Å². The van der Waals surface area contributed by atoms with Crippen LogP contribution in [0.5, 0.6) is 0 Å². The molecular formula is C10H10N4O. The minimum atomic E-state index is -0.0881. The standard InChI is InChI=1S/C10H10N4O/c1-7(15)12-9-4-2-3-8(5-9)10-6-11-14-13-10/h2-6H,1H3,(H,12,15)(H,11,13,14). The molecular weight excluding hydrogens is 192 g/mol. The fraction of sp³-hybridized carbons (Fsp3) is 0.100. The fourth-order valence-electron chi connectivity index (χ4n) is 1.31. The Balaban J connectivity index is 2.31. The third-order valence-corrected chi connectivity index (χ3v) is 1.91. The maximum absolute atomic E-state index is 10.9. The van der Waals surface area contributed by atoms with E-state index >= 15 is 0 Å². The van der Waals surface area contributed by atoms with Crippen molar-refractivity contribution in [2.75, 3.05) is 5.32 Å². The number of carbonyl (C=O) groups excluding carboxylic acids is 1. The van der Waals surface area contributed by atoms with E-state index in [-0.39, 0.29) is 5.91 Å². The first-order chi connectivity index (χ1) is 7.25. The molecule has 1 heterocycles. The number of anilines is 1.